The number of para-hydroxylation sites is 1. The minimum atomic E-state index is -4.18. The molecule has 0 aliphatic carbocycles. The number of hydrogen-bond donors (Lipinski definition) is 2. The average molecular weight is 544 g/mol. The van der Waals surface area contributed by atoms with Gasteiger partial charge in [-0.15, -0.1) is 0 Å². The van der Waals surface area contributed by atoms with Crippen LogP contribution in [-0.4, -0.2) is 37.1 Å². The Morgan fingerprint density at radius 2 is 1.79 bits per heavy atom. The third kappa shape index (κ3) is 5.23. The second-order valence-corrected chi connectivity index (χ2v) is 10.9. The number of nitrogen functional groups attached to an aromatic ring is 1. The van der Waals surface area contributed by atoms with Gasteiger partial charge in [-0.05, 0) is 67.6 Å². The van der Waals surface area contributed by atoms with Gasteiger partial charge in [0.15, 0.2) is 0 Å². The van der Waals surface area contributed by atoms with Crippen LogP contribution in [0.15, 0.2) is 90.0 Å². The molecule has 3 N–H and O–H groups in total. The molecule has 0 saturated heterocycles. The second-order valence-electron chi connectivity index (χ2n) is 9.06. The summed E-state index contributed by atoms with van der Waals surface area (Å²) in [6.45, 7) is 1.91. The summed E-state index contributed by atoms with van der Waals surface area (Å²) >= 11 is 0. The van der Waals surface area contributed by atoms with Crippen molar-refractivity contribution < 1.29 is 17.9 Å². The summed E-state index contributed by atoms with van der Waals surface area (Å²) in [7, 11) is -2.22. The number of rotatable bonds is 9. The van der Waals surface area contributed by atoms with Crippen molar-refractivity contribution in [2.24, 2.45) is 7.05 Å². The Morgan fingerprint density at radius 1 is 1.03 bits per heavy atom. The molecule has 0 unspecified atom stereocenters. The second kappa shape index (κ2) is 10.7. The molecule has 0 radical (unpaired) electrons. The first kappa shape index (κ1) is 26.1. The molecule has 9 nitrogen and oxygen atoms in total. The fraction of sp³-hybridized carbons (Fsp3) is 0.172. The van der Waals surface area contributed by atoms with E-state index in [0.29, 0.717) is 28.8 Å². The first-order valence-electron chi connectivity index (χ1n) is 12.5. The number of ether oxygens (including phenoxy) is 1. The molecule has 0 amide bonds. The molecular weight excluding hydrogens is 514 g/mol. The number of aromatic nitrogens is 2. The molecular formula is C29H29N5O4S. The number of esters is 1. The van der Waals surface area contributed by atoms with Crippen LogP contribution in [0.25, 0.3) is 21.8 Å². The van der Waals surface area contributed by atoms with Gasteiger partial charge in [-0.1, -0.05) is 18.2 Å². The molecule has 0 spiro atoms. The van der Waals surface area contributed by atoms with Crippen molar-refractivity contribution in [2.45, 2.75) is 18.4 Å². The number of benzene rings is 3. The molecule has 5 aromatic rings. The van der Waals surface area contributed by atoms with E-state index in [4.69, 9.17) is 10.5 Å². The number of aryl methyl sites for hydroxylation is 1. The van der Waals surface area contributed by atoms with Gasteiger partial charge in [0.1, 0.15) is 11.4 Å². The number of sulfonamides is 1. The third-order valence-corrected chi connectivity index (χ3v) is 8.34. The van der Waals surface area contributed by atoms with E-state index in [1.54, 1.807) is 49.5 Å². The molecule has 0 fully saturated rings. The van der Waals surface area contributed by atoms with Crippen LogP contribution in [0.5, 0.6) is 0 Å². The van der Waals surface area contributed by atoms with Gasteiger partial charge in [0.2, 0.25) is 0 Å². The number of nitrogens with one attached hydrogen (secondary N) is 1. The average Bonchev–Trinajstić information content (AvgIpc) is 3.25. The molecule has 2 heterocycles. The summed E-state index contributed by atoms with van der Waals surface area (Å²) in [5.74, 6) is -0.643. The number of pyridine rings is 1. The van der Waals surface area contributed by atoms with Crippen LogP contribution in [0.3, 0.4) is 0 Å². The quantitative estimate of drug-likeness (QED) is 0.205. The van der Waals surface area contributed by atoms with Crippen molar-refractivity contribution in [2.75, 3.05) is 28.5 Å². The molecule has 2 aromatic heterocycles. The SMILES string of the molecule is CCOC(=O)CN(c1ccc2c(c1)cc(CNc1ccc(N)cc1)n2C)S(=O)(=O)c1cccc2cccnc12. The highest BCUT2D eigenvalue weighted by atomic mass is 32.2. The summed E-state index contributed by atoms with van der Waals surface area (Å²) < 4.78 is 36.3. The van der Waals surface area contributed by atoms with Crippen molar-refractivity contribution in [3.63, 3.8) is 0 Å². The molecule has 5 rings (SSSR count). The highest BCUT2D eigenvalue weighted by molar-refractivity contribution is 7.93. The first-order valence-corrected chi connectivity index (χ1v) is 13.9. The van der Waals surface area contributed by atoms with Gasteiger partial charge in [0, 0.05) is 46.6 Å². The van der Waals surface area contributed by atoms with Gasteiger partial charge in [-0.25, -0.2) is 8.42 Å². The molecule has 0 atom stereocenters. The van der Waals surface area contributed by atoms with Gasteiger partial charge in [0.05, 0.1) is 24.4 Å². The van der Waals surface area contributed by atoms with Crippen LogP contribution >= 0.6 is 0 Å². The first-order chi connectivity index (χ1) is 18.8. The van der Waals surface area contributed by atoms with Gasteiger partial charge in [-0.3, -0.25) is 14.1 Å². The van der Waals surface area contributed by atoms with Crippen molar-refractivity contribution in [1.29, 1.82) is 0 Å². The Morgan fingerprint density at radius 3 is 2.56 bits per heavy atom. The van der Waals surface area contributed by atoms with E-state index < -0.39 is 22.5 Å². The largest absolute Gasteiger partial charge is 0.465 e. The Bertz CT molecular complexity index is 1760. The van der Waals surface area contributed by atoms with Gasteiger partial charge in [-0.2, -0.15) is 0 Å². The van der Waals surface area contributed by atoms with Crippen molar-refractivity contribution in [1.82, 2.24) is 9.55 Å². The minimum absolute atomic E-state index is 0.0199. The Labute approximate surface area is 226 Å². The van der Waals surface area contributed by atoms with Crippen molar-refractivity contribution in [3.05, 3.63) is 90.8 Å². The zero-order valence-corrected chi connectivity index (χ0v) is 22.5. The zero-order valence-electron chi connectivity index (χ0n) is 21.7. The maximum Gasteiger partial charge on any atom is 0.326 e. The summed E-state index contributed by atoms with van der Waals surface area (Å²) in [4.78, 5) is 16.9. The number of hydrogen-bond acceptors (Lipinski definition) is 7. The smallest absolute Gasteiger partial charge is 0.326 e. The summed E-state index contributed by atoms with van der Waals surface area (Å²) in [5, 5.41) is 4.90. The van der Waals surface area contributed by atoms with Crippen molar-refractivity contribution in [3.8, 4) is 0 Å². The molecule has 3 aromatic carbocycles. The number of fused-ring (bicyclic) bond motifs is 2. The van der Waals surface area contributed by atoms with Crippen LogP contribution < -0.4 is 15.4 Å². The van der Waals surface area contributed by atoms with Gasteiger partial charge in [0.25, 0.3) is 10.0 Å². The van der Waals surface area contributed by atoms with Crippen LogP contribution in [0.4, 0.5) is 17.1 Å². The lowest BCUT2D eigenvalue weighted by atomic mass is 10.2. The van der Waals surface area contributed by atoms with E-state index in [9.17, 15) is 13.2 Å². The number of anilines is 3. The highest BCUT2D eigenvalue weighted by Crippen LogP contribution is 2.31. The van der Waals surface area contributed by atoms with Gasteiger partial charge < -0.3 is 20.4 Å². The van der Waals surface area contributed by atoms with E-state index >= 15 is 0 Å². The predicted molar refractivity (Wildman–Crippen MR) is 154 cm³/mol. The fourth-order valence-electron chi connectivity index (χ4n) is 4.55. The number of nitrogens with zero attached hydrogens (tertiary/aromatic N) is 3. The summed E-state index contributed by atoms with van der Waals surface area (Å²) in [6, 6.07) is 23.3. The predicted octanol–water partition coefficient (Wildman–Crippen LogP) is 4.68. The van der Waals surface area contributed by atoms with Crippen molar-refractivity contribution >= 4 is 54.9 Å². The van der Waals surface area contributed by atoms with E-state index in [-0.39, 0.29) is 11.5 Å². The number of carbonyl (C=O) groups excluding carboxylic acids is 1. The van der Waals surface area contributed by atoms with Gasteiger partial charge >= 0.3 is 5.97 Å². The van der Waals surface area contributed by atoms with Crippen LogP contribution in [0.2, 0.25) is 0 Å². The molecule has 0 bridgehead atoms. The Hall–Kier alpha value is -4.57. The standard InChI is InChI=1S/C29H29N5O4S/c1-3-38-28(35)19-34(39(36,37)27-8-4-6-20-7-5-15-31-29(20)27)24-13-14-26-21(16-24)17-25(33(26)2)18-32-23-11-9-22(30)10-12-23/h4-17,32H,3,18-19,30H2,1-2H3. The van der Waals surface area contributed by atoms with E-state index in [1.807, 2.05) is 48.0 Å². The molecule has 10 heteroatoms. The summed E-state index contributed by atoms with van der Waals surface area (Å²) in [5.41, 5.74) is 10.0. The van der Waals surface area contributed by atoms with E-state index in [1.165, 1.54) is 6.07 Å². The lowest BCUT2D eigenvalue weighted by Gasteiger charge is -2.24. The normalized spacial score (nSPS) is 11.5. The van der Waals surface area contributed by atoms with Crippen LogP contribution in [0.1, 0.15) is 12.6 Å². The third-order valence-electron chi connectivity index (χ3n) is 6.54. The maximum atomic E-state index is 14.0. The molecule has 39 heavy (non-hydrogen) atoms. The fourth-order valence-corrected chi connectivity index (χ4v) is 6.12. The zero-order chi connectivity index (χ0) is 27.6. The molecule has 0 aliphatic heterocycles. The van der Waals surface area contributed by atoms with Crippen LogP contribution in [-0.2, 0) is 33.1 Å². The lowest BCUT2D eigenvalue weighted by Crippen LogP contribution is -2.36. The number of carbonyl (C=O) groups is 1. The van der Waals surface area contributed by atoms with Crippen LogP contribution in [0, 0.1) is 0 Å². The molecule has 200 valence electrons. The Balaban J connectivity index is 1.53. The minimum Gasteiger partial charge on any atom is -0.465 e. The van der Waals surface area contributed by atoms with E-state index in [0.717, 1.165) is 26.6 Å². The maximum absolute atomic E-state index is 14.0. The van der Waals surface area contributed by atoms with E-state index in [2.05, 4.69) is 10.3 Å². The Kier molecular flexibility index (Phi) is 7.12. The monoisotopic (exact) mass is 543 g/mol. The highest BCUT2D eigenvalue weighted by Gasteiger charge is 2.30. The topological polar surface area (TPSA) is 120 Å². The lowest BCUT2D eigenvalue weighted by molar-refractivity contribution is -0.141. The number of nitrogens with two attached hydrogens (primary N) is 1. The summed E-state index contributed by atoms with van der Waals surface area (Å²) in [6.07, 6.45) is 1.55. The molecule has 0 saturated carbocycles. The molecule has 0 aliphatic rings.